The van der Waals surface area contributed by atoms with Crippen molar-refractivity contribution in [3.63, 3.8) is 0 Å². The lowest BCUT2D eigenvalue weighted by Crippen LogP contribution is -2.75. The van der Waals surface area contributed by atoms with Gasteiger partial charge in [-0.2, -0.15) is 0 Å². The van der Waals surface area contributed by atoms with E-state index < -0.39 is 46.7 Å². The van der Waals surface area contributed by atoms with Crippen molar-refractivity contribution < 1.29 is 29.3 Å². The van der Waals surface area contributed by atoms with Crippen LogP contribution in [0.15, 0.2) is 23.3 Å². The Bertz CT molecular complexity index is 837. The Morgan fingerprint density at radius 3 is 2.45 bits per heavy atom. The number of Topliss-reactive ketones (excluding diaryl/α,β-unsaturated/α-hetero) is 1. The molecule has 6 nitrogen and oxygen atoms in total. The van der Waals surface area contributed by atoms with Crippen molar-refractivity contribution in [2.75, 3.05) is 0 Å². The van der Waals surface area contributed by atoms with Crippen molar-refractivity contribution in [3.05, 3.63) is 23.3 Å². The highest BCUT2D eigenvalue weighted by Crippen LogP contribution is 2.56. The van der Waals surface area contributed by atoms with Gasteiger partial charge in [0.15, 0.2) is 22.8 Å². The molecule has 31 heavy (non-hydrogen) atoms. The standard InChI is InChI=1S/C25H36O6/c1-13(2)11-20(26)25(30)17(6)18-9-7-14(3)22(18)23(28)24(25,29)16(5)8-10-19-15(4)12-21(27)31-19/h11-12,14,16-19,22,29-30H,7-10H2,1-6H3. The molecule has 3 rings (SSSR count). The number of esters is 1. The molecule has 0 saturated heterocycles. The highest BCUT2D eigenvalue weighted by Gasteiger charge is 2.71. The van der Waals surface area contributed by atoms with Crippen molar-refractivity contribution in [2.24, 2.45) is 29.6 Å². The van der Waals surface area contributed by atoms with Gasteiger partial charge in [-0.25, -0.2) is 4.79 Å². The van der Waals surface area contributed by atoms with Crippen LogP contribution in [0.5, 0.6) is 0 Å². The monoisotopic (exact) mass is 432 g/mol. The molecule has 0 aromatic rings. The number of carbonyl (C=O) groups is 3. The number of allylic oxidation sites excluding steroid dienone is 1. The van der Waals surface area contributed by atoms with Gasteiger partial charge in [-0.15, -0.1) is 0 Å². The molecule has 8 unspecified atom stereocenters. The summed E-state index contributed by atoms with van der Waals surface area (Å²) in [5.41, 5.74) is -2.89. The van der Waals surface area contributed by atoms with Crippen molar-refractivity contribution in [3.8, 4) is 0 Å². The zero-order valence-corrected chi connectivity index (χ0v) is 19.5. The van der Waals surface area contributed by atoms with Crippen molar-refractivity contribution >= 4 is 17.5 Å². The molecule has 0 bridgehead atoms. The molecule has 0 radical (unpaired) electrons. The average molecular weight is 433 g/mol. The summed E-state index contributed by atoms with van der Waals surface area (Å²) in [5.74, 6) is -3.06. The highest BCUT2D eigenvalue weighted by molar-refractivity contribution is 6.06. The summed E-state index contributed by atoms with van der Waals surface area (Å²) in [4.78, 5) is 38.6. The van der Waals surface area contributed by atoms with Gasteiger partial charge < -0.3 is 14.9 Å². The number of fused-ring (bicyclic) bond motifs is 1. The molecule has 0 aromatic heterocycles. The number of aliphatic hydroxyl groups is 2. The first-order chi connectivity index (χ1) is 14.4. The van der Waals surface area contributed by atoms with Gasteiger partial charge in [0.1, 0.15) is 6.10 Å². The number of cyclic esters (lactones) is 1. The molecular weight excluding hydrogens is 396 g/mol. The SMILES string of the molecule is CC(C)=CC(=O)C1(O)C(C)C2CCC(C)C2C(=O)C1(O)C(C)CCC1OC(=O)C=C1C. The van der Waals surface area contributed by atoms with Gasteiger partial charge in [-0.1, -0.05) is 26.3 Å². The lowest BCUT2D eigenvalue weighted by atomic mass is 9.52. The summed E-state index contributed by atoms with van der Waals surface area (Å²) >= 11 is 0. The summed E-state index contributed by atoms with van der Waals surface area (Å²) < 4.78 is 5.29. The molecule has 0 spiro atoms. The fourth-order valence-corrected chi connectivity index (χ4v) is 6.19. The molecule has 0 aromatic carbocycles. The maximum Gasteiger partial charge on any atom is 0.331 e. The predicted molar refractivity (Wildman–Crippen MR) is 116 cm³/mol. The highest BCUT2D eigenvalue weighted by atomic mass is 16.5. The molecule has 2 saturated carbocycles. The maximum atomic E-state index is 13.8. The van der Waals surface area contributed by atoms with Crippen LogP contribution in [0.4, 0.5) is 0 Å². The normalized spacial score (nSPS) is 40.8. The summed E-state index contributed by atoms with van der Waals surface area (Å²) in [5, 5.41) is 23.8. The van der Waals surface area contributed by atoms with E-state index in [1.807, 2.05) is 13.8 Å². The number of hydrogen-bond acceptors (Lipinski definition) is 6. The van der Waals surface area contributed by atoms with Crippen LogP contribution in [0.1, 0.15) is 67.2 Å². The summed E-state index contributed by atoms with van der Waals surface area (Å²) in [6.45, 7) is 10.8. The summed E-state index contributed by atoms with van der Waals surface area (Å²) in [6.07, 6.45) is 4.71. The lowest BCUT2D eigenvalue weighted by Gasteiger charge is -2.55. The first-order valence-corrected chi connectivity index (χ1v) is 11.4. The molecular formula is C25H36O6. The van der Waals surface area contributed by atoms with Gasteiger partial charge in [-0.05, 0) is 81.8 Å². The van der Waals surface area contributed by atoms with Crippen LogP contribution < -0.4 is 0 Å². The van der Waals surface area contributed by atoms with Gasteiger partial charge in [0.05, 0.1) is 0 Å². The quantitative estimate of drug-likeness (QED) is 0.494. The number of hydrogen-bond donors (Lipinski definition) is 2. The van der Waals surface area contributed by atoms with E-state index in [2.05, 4.69) is 0 Å². The van der Waals surface area contributed by atoms with Crippen LogP contribution in [0.25, 0.3) is 0 Å². The third kappa shape index (κ3) is 3.62. The van der Waals surface area contributed by atoms with Gasteiger partial charge in [-0.3, -0.25) is 9.59 Å². The molecule has 1 heterocycles. The number of carbonyl (C=O) groups excluding carboxylic acids is 3. The Hall–Kier alpha value is -1.79. The van der Waals surface area contributed by atoms with Gasteiger partial charge >= 0.3 is 5.97 Å². The van der Waals surface area contributed by atoms with E-state index in [9.17, 15) is 24.6 Å². The van der Waals surface area contributed by atoms with E-state index in [0.29, 0.717) is 18.4 Å². The minimum Gasteiger partial charge on any atom is -0.455 e. The fraction of sp³-hybridized carbons (Fsp3) is 0.720. The van der Waals surface area contributed by atoms with E-state index in [-0.39, 0.29) is 17.8 Å². The first-order valence-electron chi connectivity index (χ1n) is 11.4. The Labute approximate surface area is 184 Å². The molecule has 2 N–H and O–H groups in total. The second-order valence-corrected chi connectivity index (χ2v) is 10.3. The van der Waals surface area contributed by atoms with E-state index in [4.69, 9.17) is 4.74 Å². The molecule has 6 heteroatoms. The fourth-order valence-electron chi connectivity index (χ4n) is 6.19. The number of ketones is 2. The molecule has 172 valence electrons. The average Bonchev–Trinajstić information content (AvgIpc) is 3.23. The molecule has 2 fully saturated rings. The zero-order valence-electron chi connectivity index (χ0n) is 19.5. The van der Waals surface area contributed by atoms with E-state index in [1.165, 1.54) is 12.2 Å². The molecule has 1 aliphatic heterocycles. The van der Waals surface area contributed by atoms with Crippen LogP contribution >= 0.6 is 0 Å². The van der Waals surface area contributed by atoms with Gasteiger partial charge in [0, 0.05) is 12.0 Å². The van der Waals surface area contributed by atoms with E-state index in [1.54, 1.807) is 27.7 Å². The molecule has 8 atom stereocenters. The Morgan fingerprint density at radius 1 is 1.26 bits per heavy atom. The van der Waals surface area contributed by atoms with E-state index in [0.717, 1.165) is 18.4 Å². The molecule has 3 aliphatic rings. The number of ether oxygens (including phenoxy) is 1. The topological polar surface area (TPSA) is 101 Å². The number of rotatable bonds is 6. The third-order valence-corrected chi connectivity index (χ3v) is 8.07. The van der Waals surface area contributed by atoms with Crippen molar-refractivity contribution in [1.29, 1.82) is 0 Å². The maximum absolute atomic E-state index is 13.8. The van der Waals surface area contributed by atoms with Crippen molar-refractivity contribution in [2.45, 2.75) is 84.5 Å². The third-order valence-electron chi connectivity index (χ3n) is 8.07. The van der Waals surface area contributed by atoms with Crippen LogP contribution in [0.3, 0.4) is 0 Å². The van der Waals surface area contributed by atoms with Crippen LogP contribution in [0, 0.1) is 29.6 Å². The summed E-state index contributed by atoms with van der Waals surface area (Å²) in [6, 6.07) is 0. The second-order valence-electron chi connectivity index (χ2n) is 10.3. The Kier molecular flexibility index (Phi) is 6.38. The van der Waals surface area contributed by atoms with Crippen LogP contribution in [-0.2, 0) is 19.1 Å². The van der Waals surface area contributed by atoms with Crippen LogP contribution in [0.2, 0.25) is 0 Å². The van der Waals surface area contributed by atoms with Crippen LogP contribution in [-0.4, -0.2) is 45.1 Å². The van der Waals surface area contributed by atoms with Gasteiger partial charge in [0.2, 0.25) is 0 Å². The van der Waals surface area contributed by atoms with E-state index >= 15 is 0 Å². The minimum atomic E-state index is -2.20. The molecule has 2 aliphatic carbocycles. The summed E-state index contributed by atoms with van der Waals surface area (Å²) in [7, 11) is 0. The first kappa shape index (κ1) is 23.9. The van der Waals surface area contributed by atoms with Gasteiger partial charge in [0.25, 0.3) is 0 Å². The smallest absolute Gasteiger partial charge is 0.331 e. The largest absolute Gasteiger partial charge is 0.455 e. The second kappa shape index (κ2) is 8.28. The molecule has 0 amide bonds. The predicted octanol–water partition coefficient (Wildman–Crippen LogP) is 3.15. The Morgan fingerprint density at radius 2 is 1.90 bits per heavy atom. The lowest BCUT2D eigenvalue weighted by molar-refractivity contribution is -0.226. The zero-order chi connectivity index (χ0) is 23.3. The minimum absolute atomic E-state index is 0.0998. The Balaban J connectivity index is 1.99. The van der Waals surface area contributed by atoms with Crippen molar-refractivity contribution in [1.82, 2.24) is 0 Å².